The Morgan fingerprint density at radius 3 is 2.63 bits per heavy atom. The second-order valence-corrected chi connectivity index (χ2v) is 6.56. The van der Waals surface area contributed by atoms with Crippen molar-refractivity contribution in [3.05, 3.63) is 76.5 Å². The summed E-state index contributed by atoms with van der Waals surface area (Å²) >= 11 is 0. The zero-order chi connectivity index (χ0) is 21.7. The Morgan fingerprint density at radius 1 is 1.13 bits per heavy atom. The van der Waals surface area contributed by atoms with E-state index in [9.17, 15) is 23.5 Å². The molecule has 2 heterocycles. The van der Waals surface area contributed by atoms with Gasteiger partial charge >= 0.3 is 6.18 Å². The lowest BCUT2D eigenvalue weighted by Crippen LogP contribution is -2.11. The van der Waals surface area contributed by atoms with Crippen LogP contribution in [0.3, 0.4) is 0 Å². The van der Waals surface area contributed by atoms with Gasteiger partial charge in [0.1, 0.15) is 17.5 Å². The van der Waals surface area contributed by atoms with Gasteiger partial charge in [-0.25, -0.2) is 9.97 Å². The maximum absolute atomic E-state index is 13.2. The van der Waals surface area contributed by atoms with Crippen LogP contribution < -0.4 is 5.32 Å². The van der Waals surface area contributed by atoms with Crippen molar-refractivity contribution in [2.75, 3.05) is 5.32 Å². The van der Waals surface area contributed by atoms with Crippen LogP contribution in [-0.2, 0) is 25.6 Å². The molecule has 3 rings (SSSR count). The number of aromatic nitrogens is 3. The van der Waals surface area contributed by atoms with E-state index in [1.165, 1.54) is 12.4 Å². The van der Waals surface area contributed by atoms with Crippen LogP contribution in [0.1, 0.15) is 33.6 Å². The van der Waals surface area contributed by atoms with Crippen molar-refractivity contribution in [2.24, 2.45) is 0 Å². The molecule has 0 spiro atoms. The SMILES string of the molecule is Cc1c(CO)cccc1Nc1nc(CCc2cnccc2C(F)(F)F)ncc1C#N. The molecule has 6 nitrogen and oxygen atoms in total. The van der Waals surface area contributed by atoms with Gasteiger partial charge in [0.2, 0.25) is 0 Å². The van der Waals surface area contributed by atoms with Gasteiger partial charge in [0.25, 0.3) is 0 Å². The molecule has 154 valence electrons. The monoisotopic (exact) mass is 413 g/mol. The van der Waals surface area contributed by atoms with Crippen molar-refractivity contribution in [1.82, 2.24) is 15.0 Å². The van der Waals surface area contributed by atoms with E-state index in [-0.39, 0.29) is 36.4 Å². The quantitative estimate of drug-likeness (QED) is 0.632. The first kappa shape index (κ1) is 21.2. The van der Waals surface area contributed by atoms with E-state index < -0.39 is 11.7 Å². The molecule has 0 aliphatic carbocycles. The first-order chi connectivity index (χ1) is 14.3. The van der Waals surface area contributed by atoms with Crippen LogP contribution in [0.25, 0.3) is 0 Å². The summed E-state index contributed by atoms with van der Waals surface area (Å²) in [6.45, 7) is 1.69. The largest absolute Gasteiger partial charge is 0.416 e. The second-order valence-electron chi connectivity index (χ2n) is 6.56. The highest BCUT2D eigenvalue weighted by molar-refractivity contribution is 5.66. The Kier molecular flexibility index (Phi) is 6.28. The predicted molar refractivity (Wildman–Crippen MR) is 104 cm³/mol. The number of nitrogens with zero attached hydrogens (tertiary/aromatic N) is 4. The first-order valence-corrected chi connectivity index (χ1v) is 9.06. The number of rotatable bonds is 6. The number of nitriles is 1. The summed E-state index contributed by atoms with van der Waals surface area (Å²) in [5.41, 5.74) is 1.71. The van der Waals surface area contributed by atoms with Crippen molar-refractivity contribution in [3.8, 4) is 6.07 Å². The third-order valence-corrected chi connectivity index (χ3v) is 4.66. The smallest absolute Gasteiger partial charge is 0.392 e. The van der Waals surface area contributed by atoms with Crippen LogP contribution in [0, 0.1) is 18.3 Å². The minimum Gasteiger partial charge on any atom is -0.392 e. The molecule has 0 aliphatic heterocycles. The van der Waals surface area contributed by atoms with Gasteiger partial charge in [-0.05, 0) is 42.2 Å². The molecule has 0 unspecified atom stereocenters. The topological polar surface area (TPSA) is 94.7 Å². The standard InChI is InChI=1S/C21H18F3N5O/c1-13-15(12-30)3-2-4-18(13)28-20-16(9-25)11-27-19(29-20)6-5-14-10-26-8-7-17(14)21(22,23)24/h2-4,7-8,10-11,30H,5-6,12H2,1H3,(H,27,28,29). The molecular weight excluding hydrogens is 395 g/mol. The number of alkyl halides is 3. The molecule has 2 aromatic heterocycles. The molecule has 30 heavy (non-hydrogen) atoms. The summed E-state index contributed by atoms with van der Waals surface area (Å²) in [7, 11) is 0. The fourth-order valence-electron chi connectivity index (χ4n) is 2.98. The van der Waals surface area contributed by atoms with Crippen molar-refractivity contribution < 1.29 is 18.3 Å². The second kappa shape index (κ2) is 8.88. The van der Waals surface area contributed by atoms with E-state index in [4.69, 9.17) is 0 Å². The third-order valence-electron chi connectivity index (χ3n) is 4.66. The number of nitrogens with one attached hydrogen (secondary N) is 1. The molecule has 0 atom stereocenters. The lowest BCUT2D eigenvalue weighted by molar-refractivity contribution is -0.138. The number of aliphatic hydroxyl groups excluding tert-OH is 1. The number of hydrogen-bond acceptors (Lipinski definition) is 6. The van der Waals surface area contributed by atoms with E-state index in [2.05, 4.69) is 20.3 Å². The molecule has 0 amide bonds. The molecule has 9 heteroatoms. The summed E-state index contributed by atoms with van der Waals surface area (Å²) in [6.07, 6.45) is -0.641. The molecule has 0 fully saturated rings. The molecule has 0 radical (unpaired) electrons. The van der Waals surface area contributed by atoms with Gasteiger partial charge in [-0.1, -0.05) is 12.1 Å². The van der Waals surface area contributed by atoms with E-state index in [0.717, 1.165) is 23.4 Å². The van der Waals surface area contributed by atoms with Gasteiger partial charge < -0.3 is 10.4 Å². The summed E-state index contributed by atoms with van der Waals surface area (Å²) < 4.78 is 39.5. The maximum atomic E-state index is 13.2. The molecule has 0 saturated carbocycles. The van der Waals surface area contributed by atoms with Crippen molar-refractivity contribution in [1.29, 1.82) is 5.26 Å². The van der Waals surface area contributed by atoms with E-state index in [1.807, 2.05) is 13.0 Å². The molecule has 2 N–H and O–H groups in total. The number of halogens is 3. The number of hydrogen-bond donors (Lipinski definition) is 2. The van der Waals surface area contributed by atoms with Crippen LogP contribution in [0.4, 0.5) is 24.7 Å². The van der Waals surface area contributed by atoms with E-state index in [0.29, 0.717) is 11.5 Å². The van der Waals surface area contributed by atoms with Crippen LogP contribution in [-0.4, -0.2) is 20.1 Å². The van der Waals surface area contributed by atoms with E-state index in [1.54, 1.807) is 18.2 Å². The molecule has 0 saturated heterocycles. The normalized spacial score (nSPS) is 11.2. The van der Waals surface area contributed by atoms with Gasteiger partial charge in [-0.15, -0.1) is 0 Å². The number of benzene rings is 1. The Hall–Kier alpha value is -3.51. The number of anilines is 2. The van der Waals surface area contributed by atoms with Crippen LogP contribution >= 0.6 is 0 Å². The Balaban J connectivity index is 1.85. The summed E-state index contributed by atoms with van der Waals surface area (Å²) in [5, 5.41) is 21.8. The highest BCUT2D eigenvalue weighted by Crippen LogP contribution is 2.32. The third kappa shape index (κ3) is 4.72. The van der Waals surface area contributed by atoms with Crippen molar-refractivity contribution in [2.45, 2.75) is 32.5 Å². The van der Waals surface area contributed by atoms with E-state index >= 15 is 0 Å². The Labute approximate surface area is 171 Å². The molecule has 0 aliphatic rings. The maximum Gasteiger partial charge on any atom is 0.416 e. The van der Waals surface area contributed by atoms with Crippen LogP contribution in [0.5, 0.6) is 0 Å². The van der Waals surface area contributed by atoms with Gasteiger partial charge in [0, 0.05) is 24.5 Å². The van der Waals surface area contributed by atoms with Crippen LogP contribution in [0.2, 0.25) is 0 Å². The fraction of sp³-hybridized carbons (Fsp3) is 0.238. The van der Waals surface area contributed by atoms with Gasteiger partial charge in [-0.2, -0.15) is 18.4 Å². The fourth-order valence-corrected chi connectivity index (χ4v) is 2.98. The zero-order valence-electron chi connectivity index (χ0n) is 16.0. The molecular formula is C21H18F3N5O. The zero-order valence-corrected chi connectivity index (χ0v) is 16.0. The average molecular weight is 413 g/mol. The Bertz CT molecular complexity index is 1090. The Morgan fingerprint density at radius 2 is 1.93 bits per heavy atom. The molecule has 1 aromatic carbocycles. The molecule has 3 aromatic rings. The number of pyridine rings is 1. The summed E-state index contributed by atoms with van der Waals surface area (Å²) in [6, 6.07) is 8.26. The summed E-state index contributed by atoms with van der Waals surface area (Å²) in [5.74, 6) is 0.548. The predicted octanol–water partition coefficient (Wildman–Crippen LogP) is 4.09. The number of aliphatic hydroxyl groups is 1. The highest BCUT2D eigenvalue weighted by atomic mass is 19.4. The van der Waals surface area contributed by atoms with Crippen molar-refractivity contribution in [3.63, 3.8) is 0 Å². The lowest BCUT2D eigenvalue weighted by atomic mass is 10.0. The minimum atomic E-state index is -4.47. The van der Waals surface area contributed by atoms with Gasteiger partial charge in [0.15, 0.2) is 5.82 Å². The summed E-state index contributed by atoms with van der Waals surface area (Å²) in [4.78, 5) is 12.2. The first-order valence-electron chi connectivity index (χ1n) is 9.06. The highest BCUT2D eigenvalue weighted by Gasteiger charge is 2.33. The lowest BCUT2D eigenvalue weighted by Gasteiger charge is -2.14. The minimum absolute atomic E-state index is 0.0487. The van der Waals surface area contributed by atoms with Gasteiger partial charge in [-0.3, -0.25) is 4.98 Å². The van der Waals surface area contributed by atoms with Crippen LogP contribution in [0.15, 0.2) is 42.9 Å². The number of aryl methyl sites for hydroxylation is 2. The average Bonchev–Trinajstić information content (AvgIpc) is 2.73. The van der Waals surface area contributed by atoms with Crippen molar-refractivity contribution >= 4 is 11.5 Å². The molecule has 0 bridgehead atoms. The van der Waals surface area contributed by atoms with Gasteiger partial charge in [0.05, 0.1) is 18.4 Å².